The highest BCUT2D eigenvalue weighted by molar-refractivity contribution is 7.90. The molecule has 2 rings (SSSR count). The highest BCUT2D eigenvalue weighted by atomic mass is 35.5. The lowest BCUT2D eigenvalue weighted by molar-refractivity contribution is -0.139. The molecule has 1 aliphatic rings. The Kier molecular flexibility index (Phi) is 6.84. The van der Waals surface area contributed by atoms with Crippen LogP contribution in [0.5, 0.6) is 0 Å². The quantitative estimate of drug-likeness (QED) is 0.740. The molecule has 6 nitrogen and oxygen atoms in total. The normalized spacial score (nSPS) is 15.3. The summed E-state index contributed by atoms with van der Waals surface area (Å²) < 4.78 is 22.3. The van der Waals surface area contributed by atoms with Crippen molar-refractivity contribution in [2.75, 3.05) is 38.2 Å². The number of amides is 2. The van der Waals surface area contributed by atoms with Crippen molar-refractivity contribution in [3.8, 4) is 0 Å². The van der Waals surface area contributed by atoms with E-state index in [1.807, 2.05) is 18.2 Å². The van der Waals surface area contributed by atoms with E-state index in [1.165, 1.54) is 0 Å². The minimum absolute atomic E-state index is 0.00153. The third-order valence-corrected chi connectivity index (χ3v) is 5.37. The predicted molar refractivity (Wildman–Crippen MR) is 97.3 cm³/mol. The minimum atomic E-state index is -3.14. The molecule has 0 aliphatic carbocycles. The Balaban J connectivity index is 1.75. The number of hydrogen-bond acceptors (Lipinski definition) is 4. The van der Waals surface area contributed by atoms with Crippen LogP contribution in [0.15, 0.2) is 24.3 Å². The van der Waals surface area contributed by atoms with E-state index in [9.17, 15) is 18.0 Å². The van der Waals surface area contributed by atoms with Crippen molar-refractivity contribution in [3.05, 3.63) is 34.9 Å². The Morgan fingerprint density at radius 3 is 2.12 bits per heavy atom. The van der Waals surface area contributed by atoms with Crippen molar-refractivity contribution in [3.63, 3.8) is 0 Å². The molecule has 0 unspecified atom stereocenters. The van der Waals surface area contributed by atoms with Crippen LogP contribution in [0.3, 0.4) is 0 Å². The average molecular weight is 387 g/mol. The van der Waals surface area contributed by atoms with Crippen LogP contribution in [0.1, 0.15) is 18.4 Å². The van der Waals surface area contributed by atoms with Crippen LogP contribution >= 0.6 is 11.6 Å². The molecule has 138 valence electrons. The largest absolute Gasteiger partial charge is 0.339 e. The molecule has 1 aromatic carbocycles. The van der Waals surface area contributed by atoms with Crippen LogP contribution in [0.25, 0.3) is 0 Å². The van der Waals surface area contributed by atoms with Gasteiger partial charge in [0, 0.05) is 50.3 Å². The van der Waals surface area contributed by atoms with Gasteiger partial charge >= 0.3 is 0 Å². The fraction of sp³-hybridized carbons (Fsp3) is 0.529. The number of carbonyl (C=O) groups excluding carboxylic acids is 2. The van der Waals surface area contributed by atoms with E-state index in [1.54, 1.807) is 15.9 Å². The van der Waals surface area contributed by atoms with Gasteiger partial charge in [-0.15, -0.1) is 0 Å². The molecule has 0 atom stereocenters. The molecule has 1 aromatic rings. The average Bonchev–Trinajstić information content (AvgIpc) is 2.57. The van der Waals surface area contributed by atoms with E-state index in [-0.39, 0.29) is 24.0 Å². The Morgan fingerprint density at radius 1 is 1.04 bits per heavy atom. The second-order valence-electron chi connectivity index (χ2n) is 6.27. The molecule has 1 saturated heterocycles. The lowest BCUT2D eigenvalue weighted by Gasteiger charge is -2.35. The van der Waals surface area contributed by atoms with Crippen LogP contribution in [0.2, 0.25) is 5.02 Å². The van der Waals surface area contributed by atoms with Gasteiger partial charge in [-0.25, -0.2) is 8.42 Å². The highest BCUT2D eigenvalue weighted by Gasteiger charge is 2.24. The highest BCUT2D eigenvalue weighted by Crippen LogP contribution is 2.13. The molecule has 0 saturated carbocycles. The molecule has 0 bridgehead atoms. The van der Waals surface area contributed by atoms with E-state index in [0.717, 1.165) is 11.8 Å². The first kappa shape index (κ1) is 19.7. The second kappa shape index (κ2) is 8.67. The summed E-state index contributed by atoms with van der Waals surface area (Å²) in [5.74, 6) is -0.246. The van der Waals surface area contributed by atoms with E-state index in [2.05, 4.69) is 0 Å². The molecule has 1 aliphatic heterocycles. The van der Waals surface area contributed by atoms with Gasteiger partial charge < -0.3 is 9.80 Å². The third-order valence-electron chi connectivity index (χ3n) is 4.19. The molecule has 0 aromatic heterocycles. The summed E-state index contributed by atoms with van der Waals surface area (Å²) in [6.45, 7) is 1.87. The molecule has 8 heteroatoms. The lowest BCUT2D eigenvalue weighted by Crippen LogP contribution is -2.50. The minimum Gasteiger partial charge on any atom is -0.339 e. The van der Waals surface area contributed by atoms with Crippen molar-refractivity contribution >= 4 is 33.3 Å². The molecule has 0 N–H and O–H groups in total. The maximum atomic E-state index is 12.3. The predicted octanol–water partition coefficient (Wildman–Crippen LogP) is 1.38. The van der Waals surface area contributed by atoms with Crippen LogP contribution in [0, 0.1) is 0 Å². The zero-order valence-corrected chi connectivity index (χ0v) is 15.9. The van der Waals surface area contributed by atoms with Gasteiger partial charge in [0.1, 0.15) is 9.84 Å². The van der Waals surface area contributed by atoms with E-state index in [4.69, 9.17) is 11.6 Å². The smallest absolute Gasteiger partial charge is 0.223 e. The topological polar surface area (TPSA) is 74.8 Å². The van der Waals surface area contributed by atoms with Gasteiger partial charge in [-0.1, -0.05) is 23.7 Å². The number of aryl methyl sites for hydroxylation is 1. The van der Waals surface area contributed by atoms with Crippen LogP contribution in [-0.2, 0) is 25.8 Å². The summed E-state index contributed by atoms with van der Waals surface area (Å²) >= 11 is 5.94. The lowest BCUT2D eigenvalue weighted by atomic mass is 10.1. The van der Waals surface area contributed by atoms with Gasteiger partial charge in [-0.05, 0) is 24.1 Å². The zero-order chi connectivity index (χ0) is 18.4. The Labute approximate surface area is 153 Å². The summed E-state index contributed by atoms with van der Waals surface area (Å²) in [7, 11) is -3.14. The summed E-state index contributed by atoms with van der Waals surface area (Å²) in [5.41, 5.74) is 1.02. The van der Waals surface area contributed by atoms with Crippen molar-refractivity contribution in [2.45, 2.75) is 19.3 Å². The molecule has 0 radical (unpaired) electrons. The zero-order valence-electron chi connectivity index (χ0n) is 14.3. The van der Waals surface area contributed by atoms with Gasteiger partial charge in [-0.2, -0.15) is 0 Å². The third kappa shape index (κ3) is 6.66. The Morgan fingerprint density at radius 2 is 1.60 bits per heavy atom. The summed E-state index contributed by atoms with van der Waals surface area (Å²) in [5, 5.41) is 0.658. The number of benzene rings is 1. The fourth-order valence-corrected chi connectivity index (χ4v) is 3.50. The summed E-state index contributed by atoms with van der Waals surface area (Å²) in [6.07, 6.45) is 2.16. The van der Waals surface area contributed by atoms with Crippen molar-refractivity contribution < 1.29 is 18.0 Å². The maximum absolute atomic E-state index is 12.3. The molecule has 25 heavy (non-hydrogen) atoms. The SMILES string of the molecule is CS(=O)(=O)CCC(=O)N1CCN(C(=O)CCc2cccc(Cl)c2)CC1. The standard InChI is InChI=1S/C17H23ClN2O4S/c1-25(23,24)12-7-17(22)20-10-8-19(9-11-20)16(21)6-5-14-3-2-4-15(18)13-14/h2-4,13H,5-12H2,1H3. The number of sulfone groups is 1. The summed E-state index contributed by atoms with van der Waals surface area (Å²) in [4.78, 5) is 27.7. The first-order valence-electron chi connectivity index (χ1n) is 8.22. The van der Waals surface area contributed by atoms with Crippen molar-refractivity contribution in [2.24, 2.45) is 0 Å². The van der Waals surface area contributed by atoms with Gasteiger partial charge in [0.2, 0.25) is 11.8 Å². The van der Waals surface area contributed by atoms with E-state index >= 15 is 0 Å². The number of carbonyl (C=O) groups is 2. The van der Waals surface area contributed by atoms with Crippen molar-refractivity contribution in [1.82, 2.24) is 9.80 Å². The Hall–Kier alpha value is -1.60. The van der Waals surface area contributed by atoms with Crippen LogP contribution in [-0.4, -0.2) is 68.2 Å². The number of hydrogen-bond donors (Lipinski definition) is 0. The molecule has 2 amide bonds. The molecular weight excluding hydrogens is 364 g/mol. The van der Waals surface area contributed by atoms with Crippen molar-refractivity contribution in [1.29, 1.82) is 0 Å². The van der Waals surface area contributed by atoms with Gasteiger partial charge in [-0.3, -0.25) is 9.59 Å². The summed E-state index contributed by atoms with van der Waals surface area (Å²) in [6, 6.07) is 7.46. The van der Waals surface area contributed by atoms with Gasteiger partial charge in [0.15, 0.2) is 0 Å². The van der Waals surface area contributed by atoms with Gasteiger partial charge in [0.05, 0.1) is 5.75 Å². The van der Waals surface area contributed by atoms with E-state index in [0.29, 0.717) is 44.0 Å². The number of nitrogens with zero attached hydrogens (tertiary/aromatic N) is 2. The fourth-order valence-electron chi connectivity index (χ4n) is 2.74. The molecule has 0 spiro atoms. The number of piperazine rings is 1. The first-order chi connectivity index (χ1) is 11.7. The number of rotatable bonds is 6. The van der Waals surface area contributed by atoms with Crippen LogP contribution < -0.4 is 0 Å². The molecular formula is C17H23ClN2O4S. The molecule has 1 fully saturated rings. The van der Waals surface area contributed by atoms with E-state index < -0.39 is 9.84 Å². The Bertz CT molecular complexity index is 728. The monoisotopic (exact) mass is 386 g/mol. The first-order valence-corrected chi connectivity index (χ1v) is 10.7. The number of halogens is 1. The second-order valence-corrected chi connectivity index (χ2v) is 8.97. The molecule has 1 heterocycles. The maximum Gasteiger partial charge on any atom is 0.223 e. The van der Waals surface area contributed by atoms with Gasteiger partial charge in [0.25, 0.3) is 0 Å². The van der Waals surface area contributed by atoms with Crippen LogP contribution in [0.4, 0.5) is 0 Å².